The molecule has 0 aromatic heterocycles. The molecule has 0 aliphatic carbocycles. The molecule has 1 aromatic rings. The Balaban J connectivity index is 2.65. The third-order valence-electron chi connectivity index (χ3n) is 3.36. The Morgan fingerprint density at radius 1 is 1.19 bits per heavy atom. The van der Waals surface area contributed by atoms with Gasteiger partial charge in [-0.3, -0.25) is 25.1 Å². The van der Waals surface area contributed by atoms with Crippen LogP contribution in [-0.4, -0.2) is 27.8 Å². The molecule has 9 nitrogen and oxygen atoms in total. The average Bonchev–Trinajstić information content (AvgIpc) is 2.43. The van der Waals surface area contributed by atoms with Crippen molar-refractivity contribution in [2.24, 2.45) is 0 Å². The van der Waals surface area contributed by atoms with Crippen LogP contribution in [0.5, 0.6) is 0 Å². The van der Waals surface area contributed by atoms with Crippen LogP contribution in [0, 0.1) is 20.2 Å². The van der Waals surface area contributed by atoms with Crippen LogP contribution in [0.15, 0.2) is 35.7 Å². The van der Waals surface area contributed by atoms with E-state index in [0.29, 0.717) is 0 Å². The van der Waals surface area contributed by atoms with Gasteiger partial charge in [0.2, 0.25) is 0 Å². The number of urea groups is 1. The first-order valence-electron chi connectivity index (χ1n) is 5.97. The van der Waals surface area contributed by atoms with E-state index in [1.165, 1.54) is 38.2 Å². The van der Waals surface area contributed by atoms with Crippen molar-refractivity contribution >= 4 is 11.7 Å². The van der Waals surface area contributed by atoms with Crippen LogP contribution in [0.4, 0.5) is 10.5 Å². The smallest absolute Gasteiger partial charge is 0.320 e. The fourth-order valence-electron chi connectivity index (χ4n) is 2.18. The third kappa shape index (κ3) is 2.40. The van der Waals surface area contributed by atoms with Crippen LogP contribution in [0.3, 0.4) is 0 Å². The van der Waals surface area contributed by atoms with Gasteiger partial charge in [0.05, 0.1) is 21.1 Å². The Bertz CT molecular complexity index is 669. The molecule has 2 rings (SSSR count). The van der Waals surface area contributed by atoms with Crippen molar-refractivity contribution < 1.29 is 14.6 Å². The number of para-hydroxylation sites is 1. The molecule has 9 heteroatoms. The fraction of sp³-hybridized carbons (Fsp3) is 0.250. The molecule has 1 heterocycles. The number of allylic oxidation sites excluding steroid dienone is 1. The van der Waals surface area contributed by atoms with Gasteiger partial charge in [-0.25, -0.2) is 4.79 Å². The number of nitro groups is 2. The molecule has 1 aliphatic heterocycles. The summed E-state index contributed by atoms with van der Waals surface area (Å²) >= 11 is 0. The number of hydrogen-bond donors (Lipinski definition) is 1. The summed E-state index contributed by atoms with van der Waals surface area (Å²) in [5, 5.41) is 24.8. The monoisotopic (exact) mass is 292 g/mol. The predicted molar refractivity (Wildman–Crippen MR) is 71.8 cm³/mol. The number of amides is 2. The second-order valence-corrected chi connectivity index (χ2v) is 4.49. The summed E-state index contributed by atoms with van der Waals surface area (Å²) < 4.78 is 0. The van der Waals surface area contributed by atoms with E-state index in [-0.39, 0.29) is 22.6 Å². The van der Waals surface area contributed by atoms with E-state index >= 15 is 0 Å². The minimum Gasteiger partial charge on any atom is -0.320 e. The van der Waals surface area contributed by atoms with Crippen LogP contribution >= 0.6 is 0 Å². The lowest BCUT2D eigenvalue weighted by Gasteiger charge is -2.29. The van der Waals surface area contributed by atoms with Gasteiger partial charge >= 0.3 is 6.03 Å². The zero-order chi connectivity index (χ0) is 15.7. The molecule has 0 saturated carbocycles. The molecule has 0 spiro atoms. The highest BCUT2D eigenvalue weighted by atomic mass is 16.6. The van der Waals surface area contributed by atoms with E-state index in [2.05, 4.69) is 5.32 Å². The lowest BCUT2D eigenvalue weighted by Crippen LogP contribution is -2.46. The summed E-state index contributed by atoms with van der Waals surface area (Å²) in [4.78, 5) is 34.0. The number of rotatable bonds is 3. The highest BCUT2D eigenvalue weighted by Gasteiger charge is 2.40. The predicted octanol–water partition coefficient (Wildman–Crippen LogP) is 1.80. The second kappa shape index (κ2) is 5.19. The first-order valence-corrected chi connectivity index (χ1v) is 5.97. The number of carbonyl (C=O) groups excluding carboxylic acids is 1. The summed E-state index contributed by atoms with van der Waals surface area (Å²) in [6, 6.07) is 3.91. The maximum Gasteiger partial charge on any atom is 0.322 e. The molecule has 21 heavy (non-hydrogen) atoms. The number of nitro benzene ring substituents is 1. The van der Waals surface area contributed by atoms with E-state index in [0.717, 1.165) is 4.90 Å². The molecule has 0 fully saturated rings. The lowest BCUT2D eigenvalue weighted by molar-refractivity contribution is -0.434. The van der Waals surface area contributed by atoms with Crippen molar-refractivity contribution in [2.45, 2.75) is 13.0 Å². The summed E-state index contributed by atoms with van der Waals surface area (Å²) in [5.74, 6) is 0. The first kappa shape index (κ1) is 14.4. The number of benzene rings is 1. The van der Waals surface area contributed by atoms with Gasteiger partial charge in [0.1, 0.15) is 0 Å². The van der Waals surface area contributed by atoms with Crippen molar-refractivity contribution in [1.29, 1.82) is 0 Å². The highest BCUT2D eigenvalue weighted by molar-refractivity contribution is 5.78. The SMILES string of the molecule is CC1=C([N+](=O)[O-])[C@@H](c2ccccc2[N+](=O)[O-])NC(=O)N1C. The zero-order valence-electron chi connectivity index (χ0n) is 11.3. The van der Waals surface area contributed by atoms with Crippen molar-refractivity contribution in [3.8, 4) is 0 Å². The van der Waals surface area contributed by atoms with Gasteiger partial charge in [-0.1, -0.05) is 12.1 Å². The number of hydrogen-bond acceptors (Lipinski definition) is 5. The van der Waals surface area contributed by atoms with Gasteiger partial charge in [-0.05, 0) is 13.0 Å². The fourth-order valence-corrected chi connectivity index (χ4v) is 2.18. The largest absolute Gasteiger partial charge is 0.322 e. The van der Waals surface area contributed by atoms with E-state index in [1.54, 1.807) is 0 Å². The Hall–Kier alpha value is -2.97. The van der Waals surface area contributed by atoms with Gasteiger partial charge in [0.25, 0.3) is 11.4 Å². The minimum absolute atomic E-state index is 0.0787. The van der Waals surface area contributed by atoms with E-state index in [4.69, 9.17) is 0 Å². The molecule has 1 aromatic carbocycles. The Kier molecular flexibility index (Phi) is 3.57. The average molecular weight is 292 g/mol. The van der Waals surface area contributed by atoms with Crippen molar-refractivity contribution in [2.75, 3.05) is 7.05 Å². The quantitative estimate of drug-likeness (QED) is 0.673. The molecule has 110 valence electrons. The highest BCUT2D eigenvalue weighted by Crippen LogP contribution is 2.34. The number of nitrogens with zero attached hydrogens (tertiary/aromatic N) is 3. The van der Waals surface area contributed by atoms with Crippen molar-refractivity contribution in [3.63, 3.8) is 0 Å². The van der Waals surface area contributed by atoms with Crippen LogP contribution < -0.4 is 5.32 Å². The molecule has 1 atom stereocenters. The normalized spacial score (nSPS) is 18.5. The van der Waals surface area contributed by atoms with Gasteiger partial charge < -0.3 is 5.32 Å². The van der Waals surface area contributed by atoms with Crippen LogP contribution in [-0.2, 0) is 0 Å². The van der Waals surface area contributed by atoms with Gasteiger partial charge in [-0.2, -0.15) is 0 Å². The second-order valence-electron chi connectivity index (χ2n) is 4.49. The Morgan fingerprint density at radius 3 is 2.38 bits per heavy atom. The maximum absolute atomic E-state index is 11.8. The van der Waals surface area contributed by atoms with Gasteiger partial charge in [0, 0.05) is 13.1 Å². The first-order chi connectivity index (χ1) is 9.84. The van der Waals surface area contributed by atoms with E-state index < -0.39 is 21.9 Å². The van der Waals surface area contributed by atoms with Crippen molar-refractivity contribution in [1.82, 2.24) is 10.2 Å². The summed E-state index contributed by atoms with van der Waals surface area (Å²) in [5.41, 5.74) is -0.340. The maximum atomic E-state index is 11.8. The minimum atomic E-state index is -1.16. The molecule has 0 unspecified atom stereocenters. The molecule has 2 amide bonds. The Labute approximate surface area is 119 Å². The molecule has 1 aliphatic rings. The number of nitrogens with one attached hydrogen (secondary N) is 1. The topological polar surface area (TPSA) is 119 Å². The van der Waals surface area contributed by atoms with Crippen LogP contribution in [0.25, 0.3) is 0 Å². The van der Waals surface area contributed by atoms with Crippen molar-refractivity contribution in [3.05, 3.63) is 61.5 Å². The van der Waals surface area contributed by atoms with Gasteiger partial charge in [0.15, 0.2) is 6.04 Å². The van der Waals surface area contributed by atoms with Crippen LogP contribution in [0.2, 0.25) is 0 Å². The molecule has 0 bridgehead atoms. The molecular weight excluding hydrogens is 280 g/mol. The molecular formula is C12H12N4O5. The molecule has 0 saturated heterocycles. The van der Waals surface area contributed by atoms with E-state index in [1.807, 2.05) is 0 Å². The zero-order valence-corrected chi connectivity index (χ0v) is 11.3. The number of carbonyl (C=O) groups is 1. The molecule has 0 radical (unpaired) electrons. The third-order valence-corrected chi connectivity index (χ3v) is 3.36. The summed E-state index contributed by atoms with van der Waals surface area (Å²) in [6.45, 7) is 1.43. The van der Waals surface area contributed by atoms with Crippen LogP contribution in [0.1, 0.15) is 18.5 Å². The lowest BCUT2D eigenvalue weighted by atomic mass is 9.99. The summed E-state index contributed by atoms with van der Waals surface area (Å²) in [6.07, 6.45) is 0. The summed E-state index contributed by atoms with van der Waals surface area (Å²) in [7, 11) is 1.39. The Morgan fingerprint density at radius 2 is 1.81 bits per heavy atom. The van der Waals surface area contributed by atoms with E-state index in [9.17, 15) is 25.0 Å². The van der Waals surface area contributed by atoms with Gasteiger partial charge in [-0.15, -0.1) is 0 Å². The molecule has 1 N–H and O–H groups in total. The standard InChI is InChI=1S/C12H12N4O5/c1-7-11(16(20)21)10(13-12(17)14(7)2)8-5-3-4-6-9(8)15(18)19/h3-6,10H,1-2H3,(H,13,17)/t10-/m1/s1.